The van der Waals surface area contributed by atoms with E-state index < -0.39 is 0 Å². The van der Waals surface area contributed by atoms with E-state index in [2.05, 4.69) is 15.0 Å². The number of esters is 1. The van der Waals surface area contributed by atoms with Crippen LogP contribution in [-0.4, -0.2) is 28.1 Å². The third-order valence-corrected chi connectivity index (χ3v) is 3.47. The molecule has 1 aliphatic rings. The number of rotatable bonds is 4. The van der Waals surface area contributed by atoms with Gasteiger partial charge in [0.05, 0.1) is 24.1 Å². The lowest BCUT2D eigenvalue weighted by molar-refractivity contribution is 0.0601. The molecule has 0 unspecified atom stereocenters. The Balaban J connectivity index is 1.97. The van der Waals surface area contributed by atoms with Gasteiger partial charge in [-0.1, -0.05) is 5.21 Å². The number of nitrogens with two attached hydrogens (primary N) is 1. The van der Waals surface area contributed by atoms with Crippen molar-refractivity contribution in [2.24, 2.45) is 5.73 Å². The molecule has 2 N–H and O–H groups in total. The predicted octanol–water partition coefficient (Wildman–Crippen LogP) is 1.39. The molecule has 3 rings (SSSR count). The Bertz CT molecular complexity index is 629. The number of hydrogen-bond donors (Lipinski definition) is 1. The first-order valence-corrected chi connectivity index (χ1v) is 6.58. The van der Waals surface area contributed by atoms with Gasteiger partial charge in [0.1, 0.15) is 5.69 Å². The predicted molar refractivity (Wildman–Crippen MR) is 72.6 cm³/mol. The Morgan fingerprint density at radius 2 is 2.10 bits per heavy atom. The van der Waals surface area contributed by atoms with Gasteiger partial charge in [0.15, 0.2) is 0 Å². The summed E-state index contributed by atoms with van der Waals surface area (Å²) in [7, 11) is 1.37. The van der Waals surface area contributed by atoms with Gasteiger partial charge in [-0.2, -0.15) is 0 Å². The number of methoxy groups -OCH3 is 1. The summed E-state index contributed by atoms with van der Waals surface area (Å²) < 4.78 is 6.51. The zero-order chi connectivity index (χ0) is 14.1. The van der Waals surface area contributed by atoms with E-state index in [1.807, 2.05) is 16.8 Å². The molecular formula is C14H16N4O2. The normalized spacial score (nSPS) is 14.3. The second-order valence-corrected chi connectivity index (χ2v) is 4.85. The van der Waals surface area contributed by atoms with Crippen LogP contribution in [0.1, 0.15) is 40.5 Å². The summed E-state index contributed by atoms with van der Waals surface area (Å²) in [6.07, 6.45) is 2.31. The van der Waals surface area contributed by atoms with E-state index in [0.29, 0.717) is 18.0 Å². The molecule has 20 heavy (non-hydrogen) atoms. The molecule has 1 saturated carbocycles. The van der Waals surface area contributed by atoms with Gasteiger partial charge in [-0.25, -0.2) is 9.48 Å². The quantitative estimate of drug-likeness (QED) is 0.850. The van der Waals surface area contributed by atoms with E-state index in [1.165, 1.54) is 7.11 Å². The van der Waals surface area contributed by atoms with Crippen molar-refractivity contribution >= 4 is 5.97 Å². The summed E-state index contributed by atoms with van der Waals surface area (Å²) in [6, 6.07) is 7.13. The van der Waals surface area contributed by atoms with Gasteiger partial charge >= 0.3 is 5.97 Å². The van der Waals surface area contributed by atoms with Gasteiger partial charge in [0.2, 0.25) is 0 Å². The molecule has 1 aromatic carbocycles. The molecule has 0 radical (unpaired) electrons. The average molecular weight is 272 g/mol. The summed E-state index contributed by atoms with van der Waals surface area (Å²) in [4.78, 5) is 11.4. The smallest absolute Gasteiger partial charge is 0.337 e. The van der Waals surface area contributed by atoms with Crippen LogP contribution >= 0.6 is 0 Å². The molecule has 2 aromatic rings. The van der Waals surface area contributed by atoms with E-state index in [0.717, 1.165) is 29.9 Å². The lowest BCUT2D eigenvalue weighted by Crippen LogP contribution is -2.06. The molecule has 0 aliphatic heterocycles. The fourth-order valence-corrected chi connectivity index (χ4v) is 2.28. The zero-order valence-corrected chi connectivity index (χ0v) is 11.2. The highest BCUT2D eigenvalue weighted by Crippen LogP contribution is 2.41. The van der Waals surface area contributed by atoms with E-state index in [4.69, 9.17) is 5.73 Å². The molecule has 104 valence electrons. The van der Waals surface area contributed by atoms with Gasteiger partial charge in [0.25, 0.3) is 0 Å². The summed E-state index contributed by atoms with van der Waals surface area (Å²) in [5.74, 6) is 0.157. The Hall–Kier alpha value is -2.21. The topological polar surface area (TPSA) is 83.0 Å². The highest BCUT2D eigenvalue weighted by Gasteiger charge is 2.31. The Labute approximate surface area is 116 Å². The third-order valence-electron chi connectivity index (χ3n) is 3.47. The second kappa shape index (κ2) is 5.05. The minimum absolute atomic E-state index is 0.347. The number of nitrogens with zero attached hydrogens (tertiary/aromatic N) is 3. The first-order chi connectivity index (χ1) is 9.74. The van der Waals surface area contributed by atoms with Crippen molar-refractivity contribution in [2.45, 2.75) is 25.3 Å². The molecule has 0 bridgehead atoms. The van der Waals surface area contributed by atoms with Crippen molar-refractivity contribution in [3.05, 3.63) is 41.2 Å². The lowest BCUT2D eigenvalue weighted by atomic mass is 10.2. The van der Waals surface area contributed by atoms with E-state index in [1.54, 1.807) is 12.1 Å². The minimum Gasteiger partial charge on any atom is -0.465 e. The van der Waals surface area contributed by atoms with Crippen molar-refractivity contribution in [3.8, 4) is 5.69 Å². The van der Waals surface area contributed by atoms with E-state index in [-0.39, 0.29) is 5.97 Å². The van der Waals surface area contributed by atoms with Crippen molar-refractivity contribution in [1.29, 1.82) is 0 Å². The maximum Gasteiger partial charge on any atom is 0.337 e. The average Bonchev–Trinajstić information content (AvgIpc) is 3.25. The number of hydrogen-bond acceptors (Lipinski definition) is 5. The SMILES string of the molecule is COC(=O)c1ccc(-n2nnc(CN)c2C2CC2)cc1. The maximum atomic E-state index is 11.4. The molecule has 6 nitrogen and oxygen atoms in total. The van der Waals surface area contributed by atoms with Crippen LogP contribution in [-0.2, 0) is 11.3 Å². The molecule has 1 aromatic heterocycles. The van der Waals surface area contributed by atoms with Crippen LogP contribution in [0.25, 0.3) is 5.69 Å². The fourth-order valence-electron chi connectivity index (χ4n) is 2.28. The summed E-state index contributed by atoms with van der Waals surface area (Å²) in [6.45, 7) is 0.395. The van der Waals surface area contributed by atoms with Crippen molar-refractivity contribution in [2.75, 3.05) is 7.11 Å². The summed E-state index contributed by atoms with van der Waals surface area (Å²) >= 11 is 0. The van der Waals surface area contributed by atoms with E-state index >= 15 is 0 Å². The van der Waals surface area contributed by atoms with Crippen molar-refractivity contribution in [3.63, 3.8) is 0 Å². The van der Waals surface area contributed by atoms with Gasteiger partial charge < -0.3 is 10.5 Å². The molecule has 1 heterocycles. The van der Waals surface area contributed by atoms with Crippen LogP contribution < -0.4 is 5.73 Å². The van der Waals surface area contributed by atoms with Crippen molar-refractivity contribution < 1.29 is 9.53 Å². The second-order valence-electron chi connectivity index (χ2n) is 4.85. The molecule has 6 heteroatoms. The number of aromatic nitrogens is 3. The third kappa shape index (κ3) is 2.18. The van der Waals surface area contributed by atoms with Crippen LogP contribution in [0.2, 0.25) is 0 Å². The maximum absolute atomic E-state index is 11.4. The first-order valence-electron chi connectivity index (χ1n) is 6.58. The molecule has 0 spiro atoms. The summed E-state index contributed by atoms with van der Waals surface area (Å²) in [5, 5.41) is 8.33. The van der Waals surface area contributed by atoms with Gasteiger partial charge in [-0.15, -0.1) is 5.10 Å². The molecule has 0 atom stereocenters. The van der Waals surface area contributed by atoms with Crippen LogP contribution in [0.3, 0.4) is 0 Å². The standard InChI is InChI=1S/C14H16N4O2/c1-20-14(19)10-4-6-11(7-5-10)18-13(9-2-3-9)12(8-15)16-17-18/h4-7,9H,2-3,8,15H2,1H3. The summed E-state index contributed by atoms with van der Waals surface area (Å²) in [5.41, 5.74) is 9.06. The van der Waals surface area contributed by atoms with Crippen LogP contribution in [0.5, 0.6) is 0 Å². The van der Waals surface area contributed by atoms with E-state index in [9.17, 15) is 4.79 Å². The van der Waals surface area contributed by atoms with Crippen LogP contribution in [0, 0.1) is 0 Å². The minimum atomic E-state index is -0.347. The molecule has 0 saturated heterocycles. The zero-order valence-electron chi connectivity index (χ0n) is 11.2. The first kappa shape index (κ1) is 12.8. The molecular weight excluding hydrogens is 256 g/mol. The number of ether oxygens (including phenoxy) is 1. The van der Waals surface area contributed by atoms with Crippen molar-refractivity contribution in [1.82, 2.24) is 15.0 Å². The molecule has 1 fully saturated rings. The van der Waals surface area contributed by atoms with Gasteiger partial charge in [-0.05, 0) is 37.1 Å². The highest BCUT2D eigenvalue weighted by atomic mass is 16.5. The lowest BCUT2D eigenvalue weighted by Gasteiger charge is -2.07. The monoisotopic (exact) mass is 272 g/mol. The van der Waals surface area contributed by atoms with Gasteiger partial charge in [-0.3, -0.25) is 0 Å². The fraction of sp³-hybridized carbons (Fsp3) is 0.357. The van der Waals surface area contributed by atoms with Gasteiger partial charge in [0, 0.05) is 12.5 Å². The molecule has 0 amide bonds. The number of benzene rings is 1. The molecule has 1 aliphatic carbocycles. The Kier molecular flexibility index (Phi) is 3.23. The van der Waals surface area contributed by atoms with Crippen LogP contribution in [0.4, 0.5) is 0 Å². The number of carbonyl (C=O) groups excluding carboxylic acids is 1. The highest BCUT2D eigenvalue weighted by molar-refractivity contribution is 5.89. The largest absolute Gasteiger partial charge is 0.465 e. The number of carbonyl (C=O) groups is 1. The van der Waals surface area contributed by atoms with Crippen LogP contribution in [0.15, 0.2) is 24.3 Å². The Morgan fingerprint density at radius 3 is 2.65 bits per heavy atom. The Morgan fingerprint density at radius 1 is 1.40 bits per heavy atom.